The fraction of sp³-hybridized carbons (Fsp3) is 0.143. The summed E-state index contributed by atoms with van der Waals surface area (Å²) in [4.78, 5) is 20.9. The van der Waals surface area contributed by atoms with Crippen LogP contribution in [0.3, 0.4) is 0 Å². The Hall–Kier alpha value is -1.42. The highest BCUT2D eigenvalue weighted by Gasteiger charge is 2.17. The minimum Gasteiger partial charge on any atom is -0.461 e. The highest BCUT2D eigenvalue weighted by atomic mass is 16.3. The summed E-state index contributed by atoms with van der Waals surface area (Å²) in [6.45, 7) is 0. The Kier molecular flexibility index (Phi) is 2.18. The van der Waals surface area contributed by atoms with Crippen molar-refractivity contribution < 1.29 is 14.0 Å². The summed E-state index contributed by atoms with van der Waals surface area (Å²) in [5, 5.41) is 0. The van der Waals surface area contributed by atoms with Gasteiger partial charge in [0.1, 0.15) is 6.04 Å². The molecule has 0 fully saturated rings. The van der Waals surface area contributed by atoms with E-state index >= 15 is 0 Å². The second kappa shape index (κ2) is 3.12. The number of Topliss-reactive ketones (excluding diaryl/α,β-unsaturated/α-hetero) is 1. The van der Waals surface area contributed by atoms with Crippen LogP contribution in [0.2, 0.25) is 0 Å². The number of carbonyl (C=O) groups excluding carboxylic acids is 2. The van der Waals surface area contributed by atoms with E-state index in [9.17, 15) is 9.59 Å². The minimum absolute atomic E-state index is 0.0841. The Morgan fingerprint density at radius 1 is 1.73 bits per heavy atom. The third-order valence-electron chi connectivity index (χ3n) is 1.17. The molecule has 11 heavy (non-hydrogen) atoms. The van der Waals surface area contributed by atoms with Crippen LogP contribution in [0.15, 0.2) is 22.8 Å². The van der Waals surface area contributed by atoms with Crippen LogP contribution in [0.4, 0.5) is 0 Å². The topological polar surface area (TPSA) is 73.3 Å². The molecule has 4 nitrogen and oxygen atoms in total. The second-order valence-corrected chi connectivity index (χ2v) is 1.94. The SMILES string of the molecule is NC([C]=O)C(=O)c1ccco1. The van der Waals surface area contributed by atoms with Crippen LogP contribution in [0.5, 0.6) is 0 Å². The Balaban J connectivity index is 2.78. The number of ketones is 1. The summed E-state index contributed by atoms with van der Waals surface area (Å²) in [5.41, 5.74) is 5.07. The van der Waals surface area contributed by atoms with E-state index in [-0.39, 0.29) is 5.76 Å². The molecular weight excluding hydrogens is 146 g/mol. The van der Waals surface area contributed by atoms with Crippen LogP contribution < -0.4 is 5.73 Å². The van der Waals surface area contributed by atoms with Crippen molar-refractivity contribution in [1.29, 1.82) is 0 Å². The Morgan fingerprint density at radius 2 is 2.45 bits per heavy atom. The smallest absolute Gasteiger partial charge is 0.225 e. The molecule has 0 aliphatic carbocycles. The van der Waals surface area contributed by atoms with Crippen molar-refractivity contribution in [2.75, 3.05) is 0 Å². The van der Waals surface area contributed by atoms with Gasteiger partial charge in [0.2, 0.25) is 12.1 Å². The fourth-order valence-corrected chi connectivity index (χ4v) is 0.626. The van der Waals surface area contributed by atoms with Crippen LogP contribution in [-0.2, 0) is 4.79 Å². The molecule has 1 heterocycles. The monoisotopic (exact) mass is 152 g/mol. The maximum atomic E-state index is 11.0. The molecule has 0 spiro atoms. The zero-order valence-electron chi connectivity index (χ0n) is 5.61. The molecule has 1 unspecified atom stereocenters. The maximum Gasteiger partial charge on any atom is 0.225 e. The first-order valence-corrected chi connectivity index (χ1v) is 2.96. The van der Waals surface area contributed by atoms with Gasteiger partial charge in [0.15, 0.2) is 5.76 Å². The number of rotatable bonds is 3. The first-order valence-electron chi connectivity index (χ1n) is 2.96. The van der Waals surface area contributed by atoms with Gasteiger partial charge >= 0.3 is 0 Å². The number of hydrogen-bond acceptors (Lipinski definition) is 4. The molecule has 1 aromatic heterocycles. The van der Waals surface area contributed by atoms with Crippen molar-refractivity contribution in [3.8, 4) is 0 Å². The number of furan rings is 1. The maximum absolute atomic E-state index is 11.0. The normalized spacial score (nSPS) is 12.5. The average molecular weight is 152 g/mol. The van der Waals surface area contributed by atoms with Gasteiger partial charge in [-0.15, -0.1) is 0 Å². The van der Waals surface area contributed by atoms with Gasteiger partial charge in [-0.1, -0.05) is 0 Å². The van der Waals surface area contributed by atoms with E-state index in [2.05, 4.69) is 0 Å². The quantitative estimate of drug-likeness (QED) is 0.484. The Bertz CT molecular complexity index is 253. The molecule has 2 N–H and O–H groups in total. The highest BCUT2D eigenvalue weighted by molar-refractivity contribution is 6.06. The van der Waals surface area contributed by atoms with Gasteiger partial charge < -0.3 is 10.2 Å². The van der Waals surface area contributed by atoms with E-state index in [1.807, 2.05) is 0 Å². The van der Waals surface area contributed by atoms with Crippen molar-refractivity contribution in [1.82, 2.24) is 0 Å². The van der Waals surface area contributed by atoms with Crippen molar-refractivity contribution in [2.45, 2.75) is 6.04 Å². The lowest BCUT2D eigenvalue weighted by Crippen LogP contribution is -2.31. The van der Waals surface area contributed by atoms with Crippen LogP contribution in [-0.4, -0.2) is 18.1 Å². The highest BCUT2D eigenvalue weighted by Crippen LogP contribution is 2.01. The summed E-state index contributed by atoms with van der Waals surface area (Å²) in [6, 6.07) is 1.76. The molecule has 57 valence electrons. The molecule has 1 aromatic rings. The molecule has 0 aromatic carbocycles. The van der Waals surface area contributed by atoms with Gasteiger partial charge in [-0.25, -0.2) is 0 Å². The first-order chi connectivity index (χ1) is 5.25. The molecule has 1 rings (SSSR count). The van der Waals surface area contributed by atoms with Crippen molar-refractivity contribution in [3.63, 3.8) is 0 Å². The molecule has 0 saturated heterocycles. The lowest BCUT2D eigenvalue weighted by molar-refractivity contribution is 0.0956. The van der Waals surface area contributed by atoms with E-state index in [0.717, 1.165) is 0 Å². The van der Waals surface area contributed by atoms with Gasteiger partial charge in [0.25, 0.3) is 0 Å². The lowest BCUT2D eigenvalue weighted by Gasteiger charge is -1.96. The van der Waals surface area contributed by atoms with E-state index in [4.69, 9.17) is 10.2 Å². The van der Waals surface area contributed by atoms with Gasteiger partial charge in [-0.05, 0) is 12.1 Å². The molecule has 0 aliphatic heterocycles. The van der Waals surface area contributed by atoms with Crippen molar-refractivity contribution in [3.05, 3.63) is 24.2 Å². The zero-order chi connectivity index (χ0) is 8.27. The van der Waals surface area contributed by atoms with E-state index < -0.39 is 11.8 Å². The molecule has 0 aliphatic rings. The van der Waals surface area contributed by atoms with Crippen LogP contribution in [0.1, 0.15) is 10.6 Å². The molecule has 0 saturated carbocycles. The number of carbonyl (C=O) groups is 1. The number of hydrogen-bond donors (Lipinski definition) is 1. The molecule has 1 atom stereocenters. The van der Waals surface area contributed by atoms with Crippen LogP contribution >= 0.6 is 0 Å². The predicted octanol–water partition coefficient (Wildman–Crippen LogP) is -0.101. The first kappa shape index (κ1) is 7.68. The number of nitrogens with two attached hydrogens (primary N) is 1. The third-order valence-corrected chi connectivity index (χ3v) is 1.17. The van der Waals surface area contributed by atoms with Gasteiger partial charge in [-0.2, -0.15) is 0 Å². The molecular formula is C7H6NO3. The second-order valence-electron chi connectivity index (χ2n) is 1.94. The van der Waals surface area contributed by atoms with Crippen molar-refractivity contribution >= 4 is 12.1 Å². The van der Waals surface area contributed by atoms with Crippen molar-refractivity contribution in [2.24, 2.45) is 5.73 Å². The van der Waals surface area contributed by atoms with E-state index in [1.54, 1.807) is 6.07 Å². The largest absolute Gasteiger partial charge is 0.461 e. The summed E-state index contributed by atoms with van der Waals surface area (Å²) in [6.07, 6.45) is 2.71. The predicted molar refractivity (Wildman–Crippen MR) is 36.7 cm³/mol. The summed E-state index contributed by atoms with van der Waals surface area (Å²) in [5.74, 6) is -0.467. The van der Waals surface area contributed by atoms with E-state index in [1.165, 1.54) is 18.6 Å². The summed E-state index contributed by atoms with van der Waals surface area (Å²) < 4.78 is 4.71. The minimum atomic E-state index is -1.24. The van der Waals surface area contributed by atoms with Crippen LogP contribution in [0.25, 0.3) is 0 Å². The fourth-order valence-electron chi connectivity index (χ4n) is 0.626. The molecule has 0 amide bonds. The van der Waals surface area contributed by atoms with Gasteiger partial charge in [0, 0.05) is 0 Å². The summed E-state index contributed by atoms with van der Waals surface area (Å²) >= 11 is 0. The van der Waals surface area contributed by atoms with Gasteiger partial charge in [-0.3, -0.25) is 9.59 Å². The lowest BCUT2D eigenvalue weighted by atomic mass is 10.2. The zero-order valence-corrected chi connectivity index (χ0v) is 5.61. The van der Waals surface area contributed by atoms with E-state index in [0.29, 0.717) is 0 Å². The van der Waals surface area contributed by atoms with Crippen LogP contribution in [0, 0.1) is 0 Å². The molecule has 4 heteroatoms. The molecule has 0 bridgehead atoms. The Morgan fingerprint density at radius 3 is 2.91 bits per heavy atom. The molecule has 1 radical (unpaired) electrons. The average Bonchev–Trinajstić information content (AvgIpc) is 2.53. The third kappa shape index (κ3) is 1.53. The standard InChI is InChI=1S/C7H6NO3/c8-5(4-9)7(10)6-2-1-3-11-6/h1-3,5H,8H2. The Labute approximate surface area is 63.0 Å². The van der Waals surface area contributed by atoms with Gasteiger partial charge in [0.05, 0.1) is 6.26 Å². The summed E-state index contributed by atoms with van der Waals surface area (Å²) in [7, 11) is 0.